The molecule has 0 radical (unpaired) electrons. The Balaban J connectivity index is 2.57. The van der Waals surface area contributed by atoms with Gasteiger partial charge in [-0.1, -0.05) is 6.07 Å². The maximum absolute atomic E-state index is 5.90. The van der Waals surface area contributed by atoms with E-state index in [0.29, 0.717) is 0 Å². The Morgan fingerprint density at radius 3 is 1.88 bits per heavy atom. The highest BCUT2D eigenvalue weighted by Gasteiger charge is 2.34. The monoisotopic (exact) mass is 234 g/mol. The fraction of sp³-hybridized carbons (Fsp3) is 0.600. The van der Waals surface area contributed by atoms with E-state index in [2.05, 4.69) is 33.8 Å². The van der Waals surface area contributed by atoms with Crippen LogP contribution in [-0.2, 0) is 15.3 Å². The van der Waals surface area contributed by atoms with Gasteiger partial charge in [0.05, 0.1) is 13.2 Å². The molecule has 0 bridgehead atoms. The molecule has 1 aromatic carbocycles. The van der Waals surface area contributed by atoms with Gasteiger partial charge in [0.1, 0.15) is 0 Å². The van der Waals surface area contributed by atoms with Crippen LogP contribution in [0, 0.1) is 27.7 Å². The molecule has 0 amide bonds. The minimum absolute atomic E-state index is 0.566. The quantitative estimate of drug-likeness (QED) is 0.740. The predicted octanol–water partition coefficient (Wildman–Crippen LogP) is 3.53. The van der Waals surface area contributed by atoms with E-state index in [4.69, 9.17) is 9.47 Å². The van der Waals surface area contributed by atoms with Gasteiger partial charge >= 0.3 is 0 Å². The lowest BCUT2D eigenvalue weighted by Gasteiger charge is -2.37. The normalized spacial score (nSPS) is 19.4. The van der Waals surface area contributed by atoms with Crippen LogP contribution in [0.4, 0.5) is 0 Å². The van der Waals surface area contributed by atoms with E-state index in [-0.39, 0.29) is 0 Å². The van der Waals surface area contributed by atoms with Crippen LogP contribution >= 0.6 is 0 Å². The van der Waals surface area contributed by atoms with Gasteiger partial charge in [0.15, 0.2) is 5.79 Å². The lowest BCUT2D eigenvalue weighted by atomic mass is 9.89. The first-order valence-corrected chi connectivity index (χ1v) is 6.31. The maximum Gasteiger partial charge on any atom is 0.192 e. The minimum Gasteiger partial charge on any atom is -0.346 e. The van der Waals surface area contributed by atoms with Gasteiger partial charge in [0, 0.05) is 5.56 Å². The SMILES string of the molecule is Cc1cc(C)c(C)c(C2(C)OCCCO2)c1C. The summed E-state index contributed by atoms with van der Waals surface area (Å²) in [4.78, 5) is 0. The fourth-order valence-electron chi connectivity index (χ4n) is 2.68. The van der Waals surface area contributed by atoms with Gasteiger partial charge in [-0.3, -0.25) is 0 Å². The van der Waals surface area contributed by atoms with Crippen LogP contribution in [0.15, 0.2) is 6.07 Å². The van der Waals surface area contributed by atoms with Gasteiger partial charge in [0.2, 0.25) is 0 Å². The number of hydrogen-bond donors (Lipinski definition) is 0. The summed E-state index contributed by atoms with van der Waals surface area (Å²) in [6, 6.07) is 2.24. The number of aryl methyl sites for hydroxylation is 2. The van der Waals surface area contributed by atoms with Gasteiger partial charge < -0.3 is 9.47 Å². The largest absolute Gasteiger partial charge is 0.346 e. The summed E-state index contributed by atoms with van der Waals surface area (Å²) in [6.07, 6.45) is 0.985. The van der Waals surface area contributed by atoms with Crippen LogP contribution in [0.3, 0.4) is 0 Å². The molecule has 94 valence electrons. The summed E-state index contributed by atoms with van der Waals surface area (Å²) < 4.78 is 11.8. The molecule has 1 aliphatic heterocycles. The van der Waals surface area contributed by atoms with Crippen LogP contribution in [-0.4, -0.2) is 13.2 Å². The second-order valence-corrected chi connectivity index (χ2v) is 5.13. The molecule has 17 heavy (non-hydrogen) atoms. The minimum atomic E-state index is -0.566. The van der Waals surface area contributed by atoms with Crippen molar-refractivity contribution >= 4 is 0 Å². The molecule has 2 rings (SSSR count). The van der Waals surface area contributed by atoms with Gasteiger partial charge in [-0.15, -0.1) is 0 Å². The fourth-order valence-corrected chi connectivity index (χ4v) is 2.68. The van der Waals surface area contributed by atoms with E-state index >= 15 is 0 Å². The smallest absolute Gasteiger partial charge is 0.192 e. The van der Waals surface area contributed by atoms with Crippen LogP contribution in [0.2, 0.25) is 0 Å². The molecule has 1 fully saturated rings. The Hall–Kier alpha value is -0.860. The number of rotatable bonds is 1. The first-order chi connectivity index (χ1) is 7.96. The highest BCUT2D eigenvalue weighted by Crippen LogP contribution is 2.36. The van der Waals surface area contributed by atoms with Crippen molar-refractivity contribution in [3.8, 4) is 0 Å². The number of benzene rings is 1. The second kappa shape index (κ2) is 4.43. The van der Waals surface area contributed by atoms with Gasteiger partial charge in [0.25, 0.3) is 0 Å². The molecule has 2 heteroatoms. The summed E-state index contributed by atoms with van der Waals surface area (Å²) in [6.45, 7) is 12.2. The third-order valence-corrected chi connectivity index (χ3v) is 3.86. The van der Waals surface area contributed by atoms with Gasteiger partial charge in [-0.25, -0.2) is 0 Å². The Morgan fingerprint density at radius 1 is 0.941 bits per heavy atom. The predicted molar refractivity (Wildman–Crippen MR) is 69.3 cm³/mol. The van der Waals surface area contributed by atoms with Crippen LogP contribution in [0.1, 0.15) is 41.2 Å². The van der Waals surface area contributed by atoms with Crippen LogP contribution < -0.4 is 0 Å². The van der Waals surface area contributed by atoms with Crippen molar-refractivity contribution in [1.29, 1.82) is 0 Å². The summed E-state index contributed by atoms with van der Waals surface area (Å²) in [5, 5.41) is 0. The standard InChI is InChI=1S/C15H22O2/c1-10-9-11(2)13(4)14(12(10)3)15(5)16-7-6-8-17-15/h9H,6-8H2,1-5H3. The highest BCUT2D eigenvalue weighted by molar-refractivity contribution is 5.46. The highest BCUT2D eigenvalue weighted by atomic mass is 16.7. The van der Waals surface area contributed by atoms with E-state index < -0.39 is 5.79 Å². The Labute approximate surface area is 104 Å². The van der Waals surface area contributed by atoms with Crippen molar-refractivity contribution in [1.82, 2.24) is 0 Å². The molecule has 0 aliphatic carbocycles. The zero-order valence-electron chi connectivity index (χ0n) is 11.5. The molecule has 0 spiro atoms. The number of ether oxygens (including phenoxy) is 2. The van der Waals surface area contributed by atoms with Crippen LogP contribution in [0.5, 0.6) is 0 Å². The molecular formula is C15H22O2. The second-order valence-electron chi connectivity index (χ2n) is 5.13. The van der Waals surface area contributed by atoms with Gasteiger partial charge in [-0.05, 0) is 63.3 Å². The average molecular weight is 234 g/mol. The molecule has 2 nitrogen and oxygen atoms in total. The third kappa shape index (κ3) is 2.12. The third-order valence-electron chi connectivity index (χ3n) is 3.86. The summed E-state index contributed by atoms with van der Waals surface area (Å²) in [5.74, 6) is -0.566. The molecule has 0 saturated carbocycles. The number of hydrogen-bond acceptors (Lipinski definition) is 2. The van der Waals surface area contributed by atoms with E-state index in [0.717, 1.165) is 19.6 Å². The molecule has 0 N–H and O–H groups in total. The molecule has 1 aliphatic rings. The summed E-state index contributed by atoms with van der Waals surface area (Å²) >= 11 is 0. The molecular weight excluding hydrogens is 212 g/mol. The first-order valence-electron chi connectivity index (χ1n) is 6.31. The first kappa shape index (κ1) is 12.6. The van der Waals surface area contributed by atoms with Crippen molar-refractivity contribution in [2.24, 2.45) is 0 Å². The molecule has 1 aromatic rings. The topological polar surface area (TPSA) is 18.5 Å². The van der Waals surface area contributed by atoms with Gasteiger partial charge in [-0.2, -0.15) is 0 Å². The van der Waals surface area contributed by atoms with E-state index in [1.165, 1.54) is 27.8 Å². The lowest BCUT2D eigenvalue weighted by molar-refractivity contribution is -0.265. The molecule has 1 heterocycles. The zero-order valence-corrected chi connectivity index (χ0v) is 11.5. The Morgan fingerprint density at radius 2 is 1.41 bits per heavy atom. The van der Waals surface area contributed by atoms with Crippen molar-refractivity contribution in [2.75, 3.05) is 13.2 Å². The average Bonchev–Trinajstić information content (AvgIpc) is 2.27. The lowest BCUT2D eigenvalue weighted by Crippen LogP contribution is -2.36. The summed E-state index contributed by atoms with van der Waals surface area (Å²) in [7, 11) is 0. The Bertz CT molecular complexity index is 403. The van der Waals surface area contributed by atoms with E-state index in [9.17, 15) is 0 Å². The van der Waals surface area contributed by atoms with Crippen molar-refractivity contribution in [3.63, 3.8) is 0 Å². The summed E-state index contributed by atoms with van der Waals surface area (Å²) in [5.41, 5.74) is 6.41. The van der Waals surface area contributed by atoms with Crippen molar-refractivity contribution in [3.05, 3.63) is 33.9 Å². The maximum atomic E-state index is 5.90. The van der Waals surface area contributed by atoms with Crippen molar-refractivity contribution < 1.29 is 9.47 Å². The van der Waals surface area contributed by atoms with Crippen LogP contribution in [0.25, 0.3) is 0 Å². The molecule has 0 unspecified atom stereocenters. The Kier molecular flexibility index (Phi) is 3.28. The molecule has 1 saturated heterocycles. The zero-order chi connectivity index (χ0) is 12.6. The van der Waals surface area contributed by atoms with E-state index in [1.807, 2.05) is 6.92 Å². The van der Waals surface area contributed by atoms with Crippen molar-refractivity contribution in [2.45, 2.75) is 46.8 Å². The molecule has 0 atom stereocenters. The molecule has 0 aromatic heterocycles. The van der Waals surface area contributed by atoms with E-state index in [1.54, 1.807) is 0 Å².